The molecule has 0 unspecified atom stereocenters. The lowest BCUT2D eigenvalue weighted by molar-refractivity contribution is 0.627. The topological polar surface area (TPSA) is 47.6 Å². The van der Waals surface area contributed by atoms with Gasteiger partial charge in [-0.2, -0.15) is 10.5 Å². The van der Waals surface area contributed by atoms with Gasteiger partial charge in [0.05, 0.1) is 11.1 Å². The number of halogens is 1. The zero-order valence-corrected chi connectivity index (χ0v) is 5.50. The summed E-state index contributed by atoms with van der Waals surface area (Å²) in [6.45, 7) is 0. The molecule has 0 amide bonds. The van der Waals surface area contributed by atoms with Crippen LogP contribution in [0.25, 0.3) is 0 Å². The van der Waals surface area contributed by atoms with Crippen LogP contribution >= 0.6 is 0 Å². The van der Waals surface area contributed by atoms with Gasteiger partial charge in [0.15, 0.2) is 0 Å². The van der Waals surface area contributed by atoms with E-state index < -0.39 is 5.82 Å². The van der Waals surface area contributed by atoms with E-state index in [2.05, 4.69) is 0 Å². The summed E-state index contributed by atoms with van der Waals surface area (Å²) in [4.78, 5) is 0. The Bertz CT molecular complexity index is 357. The van der Waals surface area contributed by atoms with E-state index in [-0.39, 0.29) is 11.1 Å². The van der Waals surface area contributed by atoms with Gasteiger partial charge in [-0.1, -0.05) is 0 Å². The van der Waals surface area contributed by atoms with Gasteiger partial charge in [0.1, 0.15) is 18.0 Å². The molecule has 0 fully saturated rings. The van der Waals surface area contributed by atoms with Crippen molar-refractivity contribution in [2.24, 2.45) is 0 Å². The van der Waals surface area contributed by atoms with Crippen molar-refractivity contribution >= 4 is 0 Å². The van der Waals surface area contributed by atoms with E-state index in [0.717, 1.165) is 12.1 Å². The van der Waals surface area contributed by atoms with Crippen molar-refractivity contribution in [3.05, 3.63) is 35.1 Å². The Balaban J connectivity index is 3.34. The van der Waals surface area contributed by atoms with E-state index in [1.54, 1.807) is 12.1 Å². The highest BCUT2D eigenvalue weighted by Gasteiger charge is 2.00. The molecule has 0 aromatic heterocycles. The second kappa shape index (κ2) is 2.81. The van der Waals surface area contributed by atoms with Crippen LogP contribution in [0.5, 0.6) is 0 Å². The number of hydrogen-bond donors (Lipinski definition) is 0. The normalized spacial score (nSPS) is 8.27. The van der Waals surface area contributed by atoms with Crippen molar-refractivity contribution in [1.29, 1.82) is 10.5 Å². The van der Waals surface area contributed by atoms with Gasteiger partial charge in [-0.05, 0) is 18.2 Å². The van der Waals surface area contributed by atoms with Crippen LogP contribution in [0, 0.1) is 28.5 Å². The standard InChI is InChI=1S/C8H3FN2/c9-8-2-1-6(4-10)7(3-8)5-11/h1-3H. The Hall–Kier alpha value is -1.87. The van der Waals surface area contributed by atoms with Gasteiger partial charge in [-0.3, -0.25) is 0 Å². The molecule has 0 spiro atoms. The number of nitrogens with zero attached hydrogens (tertiary/aromatic N) is 2. The van der Waals surface area contributed by atoms with Crippen LogP contribution in [0.2, 0.25) is 0 Å². The van der Waals surface area contributed by atoms with Crippen LogP contribution in [-0.2, 0) is 0 Å². The van der Waals surface area contributed by atoms with Crippen molar-refractivity contribution < 1.29 is 4.39 Å². The lowest BCUT2D eigenvalue weighted by atomic mass is 10.1. The van der Waals surface area contributed by atoms with Crippen LogP contribution in [0.1, 0.15) is 11.1 Å². The third kappa shape index (κ3) is 1.33. The molecule has 0 radical (unpaired) electrons. The quantitative estimate of drug-likeness (QED) is 0.557. The largest absolute Gasteiger partial charge is 0.207 e. The van der Waals surface area contributed by atoms with Crippen molar-refractivity contribution in [1.82, 2.24) is 0 Å². The van der Waals surface area contributed by atoms with Crippen molar-refractivity contribution in [2.75, 3.05) is 0 Å². The van der Waals surface area contributed by atoms with Crippen LogP contribution in [0.4, 0.5) is 4.39 Å². The van der Waals surface area contributed by atoms with Gasteiger partial charge in [0.2, 0.25) is 0 Å². The minimum absolute atomic E-state index is 0.0764. The average Bonchev–Trinajstić information content (AvgIpc) is 2.04. The Morgan fingerprint density at radius 2 is 1.73 bits per heavy atom. The molecule has 0 saturated carbocycles. The van der Waals surface area contributed by atoms with E-state index in [0.29, 0.717) is 0 Å². The van der Waals surface area contributed by atoms with Crippen LogP contribution in [0.15, 0.2) is 18.2 Å². The molecule has 1 aromatic rings. The Labute approximate surface area is 63.1 Å². The molecule has 0 bridgehead atoms. The van der Waals surface area contributed by atoms with Gasteiger partial charge in [0, 0.05) is 0 Å². The van der Waals surface area contributed by atoms with E-state index in [1.165, 1.54) is 6.07 Å². The summed E-state index contributed by atoms with van der Waals surface area (Å²) < 4.78 is 12.4. The highest BCUT2D eigenvalue weighted by molar-refractivity contribution is 5.45. The maximum Gasteiger partial charge on any atom is 0.124 e. The van der Waals surface area contributed by atoms with Gasteiger partial charge in [0.25, 0.3) is 0 Å². The van der Waals surface area contributed by atoms with Crippen molar-refractivity contribution in [3.63, 3.8) is 0 Å². The first-order chi connectivity index (χ1) is 5.27. The average molecular weight is 146 g/mol. The smallest absolute Gasteiger partial charge is 0.124 e. The van der Waals surface area contributed by atoms with Gasteiger partial charge in [-0.15, -0.1) is 0 Å². The molecule has 1 rings (SSSR count). The maximum atomic E-state index is 12.4. The molecule has 1 aromatic carbocycles. The summed E-state index contributed by atoms with van der Waals surface area (Å²) in [6, 6.07) is 6.99. The molecule has 0 heterocycles. The van der Waals surface area contributed by atoms with Gasteiger partial charge < -0.3 is 0 Å². The predicted octanol–water partition coefficient (Wildman–Crippen LogP) is 1.57. The molecular weight excluding hydrogens is 143 g/mol. The second-order valence-electron chi connectivity index (χ2n) is 1.91. The molecule has 52 valence electrons. The van der Waals surface area contributed by atoms with E-state index in [4.69, 9.17) is 10.5 Å². The molecule has 0 N–H and O–H groups in total. The number of rotatable bonds is 0. The molecule has 0 saturated heterocycles. The Kier molecular flexibility index (Phi) is 1.85. The fourth-order valence-electron chi connectivity index (χ4n) is 0.706. The minimum Gasteiger partial charge on any atom is -0.207 e. The lowest BCUT2D eigenvalue weighted by Crippen LogP contribution is -1.84. The molecule has 0 aliphatic heterocycles. The summed E-state index contributed by atoms with van der Waals surface area (Å²) >= 11 is 0. The number of hydrogen-bond acceptors (Lipinski definition) is 2. The summed E-state index contributed by atoms with van der Waals surface area (Å²) in [7, 11) is 0. The van der Waals surface area contributed by atoms with Crippen LogP contribution in [-0.4, -0.2) is 0 Å². The van der Waals surface area contributed by atoms with Crippen LogP contribution < -0.4 is 0 Å². The van der Waals surface area contributed by atoms with Crippen molar-refractivity contribution in [3.8, 4) is 12.1 Å². The predicted molar refractivity (Wildman–Crippen MR) is 35.8 cm³/mol. The zero-order chi connectivity index (χ0) is 8.27. The third-order valence-corrected chi connectivity index (χ3v) is 1.22. The highest BCUT2D eigenvalue weighted by Crippen LogP contribution is 2.08. The molecule has 0 atom stereocenters. The molecule has 0 aliphatic rings. The number of nitriles is 2. The van der Waals surface area contributed by atoms with Crippen molar-refractivity contribution in [2.45, 2.75) is 0 Å². The monoisotopic (exact) mass is 146 g/mol. The van der Waals surface area contributed by atoms with Gasteiger partial charge in [-0.25, -0.2) is 4.39 Å². The minimum atomic E-state index is -0.499. The molecule has 0 aliphatic carbocycles. The third-order valence-electron chi connectivity index (χ3n) is 1.22. The highest BCUT2D eigenvalue weighted by atomic mass is 19.1. The fraction of sp³-hybridized carbons (Fsp3) is 0. The first kappa shape index (κ1) is 7.24. The molecule has 3 heteroatoms. The molecule has 2 nitrogen and oxygen atoms in total. The summed E-state index contributed by atoms with van der Waals surface area (Å²) in [5.74, 6) is -0.499. The first-order valence-electron chi connectivity index (χ1n) is 2.87. The Morgan fingerprint density at radius 3 is 2.27 bits per heavy atom. The summed E-state index contributed by atoms with van der Waals surface area (Å²) in [5.41, 5.74) is 0.279. The van der Waals surface area contributed by atoms with Crippen LogP contribution in [0.3, 0.4) is 0 Å². The summed E-state index contributed by atoms with van der Waals surface area (Å²) in [6.07, 6.45) is 0. The Morgan fingerprint density at radius 1 is 1.09 bits per heavy atom. The van der Waals surface area contributed by atoms with E-state index in [9.17, 15) is 4.39 Å². The zero-order valence-electron chi connectivity index (χ0n) is 5.50. The summed E-state index contributed by atoms with van der Waals surface area (Å²) in [5, 5.41) is 16.8. The fourth-order valence-corrected chi connectivity index (χ4v) is 0.706. The van der Waals surface area contributed by atoms with E-state index in [1.807, 2.05) is 0 Å². The second-order valence-corrected chi connectivity index (χ2v) is 1.91. The lowest BCUT2D eigenvalue weighted by Gasteiger charge is -1.91. The molecule has 11 heavy (non-hydrogen) atoms. The molecular formula is C8H3FN2. The van der Waals surface area contributed by atoms with E-state index >= 15 is 0 Å². The SMILES string of the molecule is N#Cc1ccc(F)cc1C#N. The number of benzene rings is 1. The van der Waals surface area contributed by atoms with Gasteiger partial charge >= 0.3 is 0 Å². The first-order valence-corrected chi connectivity index (χ1v) is 2.87. The maximum absolute atomic E-state index is 12.4.